The molecule has 3 rings (SSSR count). The van der Waals surface area contributed by atoms with E-state index < -0.39 is 0 Å². The van der Waals surface area contributed by atoms with Crippen molar-refractivity contribution in [2.75, 3.05) is 0 Å². The third-order valence-corrected chi connectivity index (χ3v) is 3.43. The lowest BCUT2D eigenvalue weighted by atomic mass is 10.1. The first-order valence-corrected chi connectivity index (χ1v) is 6.49. The van der Waals surface area contributed by atoms with Crippen LogP contribution in [-0.4, -0.2) is 10.8 Å². The van der Waals surface area contributed by atoms with E-state index in [9.17, 15) is 4.79 Å². The molecule has 19 heavy (non-hydrogen) atoms. The molecule has 3 heteroatoms. The second kappa shape index (κ2) is 4.84. The normalized spacial score (nSPS) is 13.1. The molecule has 0 atom stereocenters. The Hall–Kier alpha value is -2.16. The summed E-state index contributed by atoms with van der Waals surface area (Å²) in [6.07, 6.45) is 5.10. The smallest absolute Gasteiger partial charge is 0.230 e. The van der Waals surface area contributed by atoms with Crippen LogP contribution in [0.2, 0.25) is 0 Å². The van der Waals surface area contributed by atoms with E-state index in [1.807, 2.05) is 6.07 Å². The second-order valence-corrected chi connectivity index (χ2v) is 4.80. The zero-order chi connectivity index (χ0) is 13.2. The van der Waals surface area contributed by atoms with Gasteiger partial charge in [-0.05, 0) is 61.6 Å². The molecular weight excluding hydrogens is 238 g/mol. The molecule has 0 saturated heterocycles. The molecule has 0 radical (unpaired) electrons. The Morgan fingerprint density at radius 2 is 2.05 bits per heavy atom. The minimum atomic E-state index is -0.0377. The average Bonchev–Trinajstić information content (AvgIpc) is 2.86. The van der Waals surface area contributed by atoms with Crippen molar-refractivity contribution >= 4 is 5.78 Å². The lowest BCUT2D eigenvalue weighted by Crippen LogP contribution is -1.99. The summed E-state index contributed by atoms with van der Waals surface area (Å²) < 4.78 is 5.76. The van der Waals surface area contributed by atoms with Gasteiger partial charge < -0.3 is 4.74 Å². The quantitative estimate of drug-likeness (QED) is 0.785. The fraction of sp³-hybridized carbons (Fsp3) is 0.250. The fourth-order valence-corrected chi connectivity index (χ4v) is 2.46. The number of rotatable bonds is 3. The van der Waals surface area contributed by atoms with Gasteiger partial charge in [-0.15, -0.1) is 0 Å². The van der Waals surface area contributed by atoms with Gasteiger partial charge in [0.2, 0.25) is 5.88 Å². The van der Waals surface area contributed by atoms with E-state index in [1.165, 1.54) is 24.5 Å². The van der Waals surface area contributed by atoms with E-state index in [4.69, 9.17) is 4.74 Å². The van der Waals surface area contributed by atoms with Crippen molar-refractivity contribution in [3.63, 3.8) is 0 Å². The Labute approximate surface area is 112 Å². The number of carbonyl (C=O) groups excluding carboxylic acids is 1. The highest BCUT2D eigenvalue weighted by Crippen LogP contribution is 2.29. The SMILES string of the molecule is CC(=O)c1cccnc1Oc1ccc2c(c1)CCC2. The lowest BCUT2D eigenvalue weighted by Gasteiger charge is -2.09. The van der Waals surface area contributed by atoms with E-state index >= 15 is 0 Å². The maximum absolute atomic E-state index is 11.5. The molecule has 0 unspecified atom stereocenters. The van der Waals surface area contributed by atoms with Crippen LogP contribution in [-0.2, 0) is 12.8 Å². The van der Waals surface area contributed by atoms with Crippen LogP contribution in [0.25, 0.3) is 0 Å². The van der Waals surface area contributed by atoms with Crippen LogP contribution in [0.4, 0.5) is 0 Å². The highest BCUT2D eigenvalue weighted by Gasteiger charge is 2.14. The van der Waals surface area contributed by atoms with Crippen LogP contribution in [0.5, 0.6) is 11.6 Å². The molecule has 0 saturated carbocycles. The highest BCUT2D eigenvalue weighted by molar-refractivity contribution is 5.96. The zero-order valence-corrected chi connectivity index (χ0v) is 10.8. The van der Waals surface area contributed by atoms with Gasteiger partial charge in [-0.1, -0.05) is 6.07 Å². The van der Waals surface area contributed by atoms with Gasteiger partial charge in [-0.2, -0.15) is 0 Å². The second-order valence-electron chi connectivity index (χ2n) is 4.80. The molecule has 1 heterocycles. The molecular formula is C16H15NO2. The summed E-state index contributed by atoms with van der Waals surface area (Å²) >= 11 is 0. The Morgan fingerprint density at radius 1 is 1.21 bits per heavy atom. The number of ketones is 1. The number of carbonyl (C=O) groups is 1. The molecule has 2 aromatic rings. The summed E-state index contributed by atoms with van der Waals surface area (Å²) in [4.78, 5) is 15.7. The predicted molar refractivity (Wildman–Crippen MR) is 72.8 cm³/mol. The number of hydrogen-bond acceptors (Lipinski definition) is 3. The van der Waals surface area contributed by atoms with Crippen LogP contribution >= 0.6 is 0 Å². The molecule has 1 aromatic heterocycles. The molecule has 96 valence electrons. The first-order chi connectivity index (χ1) is 9.24. The van der Waals surface area contributed by atoms with E-state index in [1.54, 1.807) is 18.3 Å². The van der Waals surface area contributed by atoms with E-state index in [0.29, 0.717) is 11.4 Å². The molecule has 1 aliphatic carbocycles. The number of pyridine rings is 1. The molecule has 0 spiro atoms. The number of benzene rings is 1. The van der Waals surface area contributed by atoms with Crippen LogP contribution in [0.1, 0.15) is 34.8 Å². The van der Waals surface area contributed by atoms with Gasteiger partial charge in [0.25, 0.3) is 0 Å². The van der Waals surface area contributed by atoms with E-state index in [-0.39, 0.29) is 5.78 Å². The van der Waals surface area contributed by atoms with Gasteiger partial charge >= 0.3 is 0 Å². The zero-order valence-electron chi connectivity index (χ0n) is 10.8. The van der Waals surface area contributed by atoms with Crippen LogP contribution in [0.15, 0.2) is 36.5 Å². The number of hydrogen-bond donors (Lipinski definition) is 0. The Morgan fingerprint density at radius 3 is 2.89 bits per heavy atom. The summed E-state index contributed by atoms with van der Waals surface area (Å²) in [6.45, 7) is 1.52. The first-order valence-electron chi connectivity index (χ1n) is 6.49. The molecule has 0 aliphatic heterocycles. The Bertz CT molecular complexity index is 634. The minimum absolute atomic E-state index is 0.0377. The number of Topliss-reactive ketones (excluding diaryl/α,β-unsaturated/α-hetero) is 1. The molecule has 1 aromatic carbocycles. The monoisotopic (exact) mass is 253 g/mol. The Balaban J connectivity index is 1.91. The van der Waals surface area contributed by atoms with Crippen molar-refractivity contribution in [1.82, 2.24) is 4.98 Å². The number of fused-ring (bicyclic) bond motifs is 1. The van der Waals surface area contributed by atoms with Gasteiger partial charge in [0.1, 0.15) is 5.75 Å². The summed E-state index contributed by atoms with van der Waals surface area (Å²) in [5.74, 6) is 1.10. The van der Waals surface area contributed by atoms with Crippen LogP contribution in [0, 0.1) is 0 Å². The third-order valence-electron chi connectivity index (χ3n) is 3.43. The Kier molecular flexibility index (Phi) is 3.03. The largest absolute Gasteiger partial charge is 0.438 e. The van der Waals surface area contributed by atoms with Gasteiger partial charge in [0, 0.05) is 6.20 Å². The predicted octanol–water partition coefficient (Wildman–Crippen LogP) is 3.57. The standard InChI is InChI=1S/C16H15NO2/c1-11(18)15-6-3-9-17-16(15)19-14-8-7-12-4-2-5-13(12)10-14/h3,6-10H,2,4-5H2,1H3. The molecule has 3 nitrogen and oxygen atoms in total. The maximum Gasteiger partial charge on any atom is 0.230 e. The van der Waals surface area contributed by atoms with Crippen molar-refractivity contribution in [3.05, 3.63) is 53.2 Å². The van der Waals surface area contributed by atoms with Gasteiger partial charge in [0.05, 0.1) is 5.56 Å². The minimum Gasteiger partial charge on any atom is -0.438 e. The summed E-state index contributed by atoms with van der Waals surface area (Å²) in [5, 5.41) is 0. The highest BCUT2D eigenvalue weighted by atomic mass is 16.5. The van der Waals surface area contributed by atoms with Crippen molar-refractivity contribution in [3.8, 4) is 11.6 Å². The number of nitrogens with zero attached hydrogens (tertiary/aromatic N) is 1. The maximum atomic E-state index is 11.5. The van der Waals surface area contributed by atoms with Gasteiger partial charge in [-0.25, -0.2) is 4.98 Å². The fourth-order valence-electron chi connectivity index (χ4n) is 2.46. The number of aromatic nitrogens is 1. The molecule has 0 N–H and O–H groups in total. The van der Waals surface area contributed by atoms with Crippen molar-refractivity contribution in [2.24, 2.45) is 0 Å². The topological polar surface area (TPSA) is 39.2 Å². The summed E-state index contributed by atoms with van der Waals surface area (Å²) in [6, 6.07) is 9.59. The van der Waals surface area contributed by atoms with Crippen molar-refractivity contribution < 1.29 is 9.53 Å². The van der Waals surface area contributed by atoms with E-state index in [2.05, 4.69) is 17.1 Å². The third kappa shape index (κ3) is 2.36. The van der Waals surface area contributed by atoms with Crippen molar-refractivity contribution in [1.29, 1.82) is 0 Å². The lowest BCUT2D eigenvalue weighted by molar-refractivity contribution is 0.101. The van der Waals surface area contributed by atoms with E-state index in [0.717, 1.165) is 18.6 Å². The molecule has 0 bridgehead atoms. The molecule has 0 amide bonds. The number of ether oxygens (including phenoxy) is 1. The van der Waals surface area contributed by atoms with Crippen molar-refractivity contribution in [2.45, 2.75) is 26.2 Å². The average molecular weight is 253 g/mol. The molecule has 0 fully saturated rings. The number of aryl methyl sites for hydroxylation is 2. The van der Waals surface area contributed by atoms with Gasteiger partial charge in [0.15, 0.2) is 5.78 Å². The van der Waals surface area contributed by atoms with Crippen LogP contribution in [0.3, 0.4) is 0 Å². The summed E-state index contributed by atoms with van der Waals surface area (Å²) in [7, 11) is 0. The van der Waals surface area contributed by atoms with Crippen LogP contribution < -0.4 is 4.74 Å². The summed E-state index contributed by atoms with van der Waals surface area (Å²) in [5.41, 5.74) is 3.26. The van der Waals surface area contributed by atoms with Gasteiger partial charge in [-0.3, -0.25) is 4.79 Å². The first kappa shape index (κ1) is 11.9. The molecule has 1 aliphatic rings.